The van der Waals surface area contributed by atoms with Crippen molar-refractivity contribution >= 4 is 22.9 Å². The Morgan fingerprint density at radius 2 is 2.15 bits per heavy atom. The highest BCUT2D eigenvalue weighted by atomic mass is 32.1. The van der Waals surface area contributed by atoms with Crippen LogP contribution in [0.15, 0.2) is 59.7 Å². The van der Waals surface area contributed by atoms with E-state index < -0.39 is 0 Å². The molecule has 0 saturated carbocycles. The lowest BCUT2D eigenvalue weighted by Gasteiger charge is -2.14. The van der Waals surface area contributed by atoms with E-state index in [0.29, 0.717) is 6.54 Å². The van der Waals surface area contributed by atoms with Crippen LogP contribution < -0.4 is 0 Å². The van der Waals surface area contributed by atoms with Gasteiger partial charge in [0.1, 0.15) is 0 Å². The fraction of sp³-hybridized carbons (Fsp3) is 0.200. The van der Waals surface area contributed by atoms with Gasteiger partial charge in [0.2, 0.25) is 0 Å². The minimum Gasteiger partial charge on any atom is -0.338 e. The molecule has 1 atom stereocenters. The maximum Gasteiger partial charge on any atom is 0.254 e. The summed E-state index contributed by atoms with van der Waals surface area (Å²) in [6.45, 7) is 1.41. The van der Waals surface area contributed by atoms with E-state index in [0.717, 1.165) is 41.1 Å². The summed E-state index contributed by atoms with van der Waals surface area (Å²) in [5, 5.41) is 8.52. The number of rotatable bonds is 3. The molecule has 0 aromatic carbocycles. The van der Waals surface area contributed by atoms with Gasteiger partial charge in [0.25, 0.3) is 5.91 Å². The van der Waals surface area contributed by atoms with E-state index in [1.54, 1.807) is 17.5 Å². The average molecular weight is 375 g/mol. The van der Waals surface area contributed by atoms with E-state index >= 15 is 0 Å². The van der Waals surface area contributed by atoms with Crippen molar-refractivity contribution in [1.82, 2.24) is 24.5 Å². The van der Waals surface area contributed by atoms with E-state index in [9.17, 15) is 4.79 Å². The van der Waals surface area contributed by atoms with Crippen LogP contribution in [0.4, 0.5) is 0 Å². The first kappa shape index (κ1) is 16.1. The Bertz CT molecular complexity index is 1090. The van der Waals surface area contributed by atoms with Gasteiger partial charge in [-0.05, 0) is 36.1 Å². The molecule has 0 N–H and O–H groups in total. The quantitative estimate of drug-likeness (QED) is 0.550. The number of fused-ring (bicyclic) bond motifs is 1. The van der Waals surface area contributed by atoms with Gasteiger partial charge in [0.05, 0.1) is 5.56 Å². The van der Waals surface area contributed by atoms with Crippen LogP contribution >= 0.6 is 11.3 Å². The zero-order chi connectivity index (χ0) is 18.2. The van der Waals surface area contributed by atoms with Crippen molar-refractivity contribution in [1.29, 1.82) is 0 Å². The monoisotopic (exact) mass is 375 g/mol. The molecular formula is C20H17N5OS. The second-order valence-corrected chi connectivity index (χ2v) is 7.46. The zero-order valence-corrected chi connectivity index (χ0v) is 15.3. The lowest BCUT2D eigenvalue weighted by atomic mass is 10.1. The largest absolute Gasteiger partial charge is 0.338 e. The van der Waals surface area contributed by atoms with E-state index in [4.69, 9.17) is 0 Å². The summed E-state index contributed by atoms with van der Waals surface area (Å²) < 4.78 is 1.82. The maximum atomic E-state index is 12.5. The summed E-state index contributed by atoms with van der Waals surface area (Å²) in [5.41, 5.74) is 3.68. The number of nitrogens with zero attached hydrogens (tertiary/aromatic N) is 5. The molecule has 0 spiro atoms. The molecule has 6 nitrogen and oxygen atoms in total. The average Bonchev–Trinajstić information content (AvgIpc) is 3.47. The van der Waals surface area contributed by atoms with Gasteiger partial charge in [-0.1, -0.05) is 6.07 Å². The van der Waals surface area contributed by atoms with Crippen molar-refractivity contribution in [3.63, 3.8) is 0 Å². The lowest BCUT2D eigenvalue weighted by molar-refractivity contribution is 0.0791. The fourth-order valence-electron chi connectivity index (χ4n) is 3.50. The van der Waals surface area contributed by atoms with Crippen LogP contribution in [0, 0.1) is 0 Å². The van der Waals surface area contributed by atoms with Crippen molar-refractivity contribution in [2.45, 2.75) is 12.3 Å². The van der Waals surface area contributed by atoms with Gasteiger partial charge in [0, 0.05) is 54.1 Å². The Labute approximate surface area is 160 Å². The summed E-state index contributed by atoms with van der Waals surface area (Å²) >= 11 is 1.55. The number of aromatic nitrogens is 4. The van der Waals surface area contributed by atoms with Crippen molar-refractivity contribution in [2.24, 2.45) is 0 Å². The lowest BCUT2D eigenvalue weighted by Crippen LogP contribution is -2.28. The van der Waals surface area contributed by atoms with E-state index in [1.807, 2.05) is 62.9 Å². The number of hydrogen-bond donors (Lipinski definition) is 0. The minimum absolute atomic E-state index is 0.0985. The molecule has 27 heavy (non-hydrogen) atoms. The third-order valence-corrected chi connectivity index (χ3v) is 5.63. The molecule has 1 aliphatic rings. The summed E-state index contributed by atoms with van der Waals surface area (Å²) in [7, 11) is 0. The standard InChI is InChI=1S/C20H17N5OS/c26-20(17-6-9-27-13-17)24-8-5-16(11-24)19-22-18-4-3-15(12-25(18)23-19)14-2-1-7-21-10-14/h1-4,6-7,9-10,12-13,16H,5,8,11H2/t16-/m0/s1. The highest BCUT2D eigenvalue weighted by Crippen LogP contribution is 2.27. The molecular weight excluding hydrogens is 358 g/mol. The third kappa shape index (κ3) is 3.00. The molecule has 5 rings (SSSR count). The summed E-state index contributed by atoms with van der Waals surface area (Å²) in [6, 6.07) is 9.83. The number of carbonyl (C=O) groups is 1. The van der Waals surface area contributed by atoms with Gasteiger partial charge >= 0.3 is 0 Å². The topological polar surface area (TPSA) is 63.4 Å². The highest BCUT2D eigenvalue weighted by molar-refractivity contribution is 7.08. The molecule has 1 aliphatic heterocycles. The van der Waals surface area contributed by atoms with E-state index in [2.05, 4.69) is 15.1 Å². The number of likely N-dealkylation sites (tertiary alicyclic amines) is 1. The van der Waals surface area contributed by atoms with Crippen LogP contribution in [0.3, 0.4) is 0 Å². The first-order valence-electron chi connectivity index (χ1n) is 8.86. The van der Waals surface area contributed by atoms with Crippen LogP contribution in [0.1, 0.15) is 28.5 Å². The van der Waals surface area contributed by atoms with Crippen molar-refractivity contribution in [2.75, 3.05) is 13.1 Å². The first-order chi connectivity index (χ1) is 13.3. The van der Waals surface area contributed by atoms with Crippen LogP contribution in [0.25, 0.3) is 16.8 Å². The predicted molar refractivity (Wildman–Crippen MR) is 104 cm³/mol. The molecule has 1 amide bonds. The Morgan fingerprint density at radius 1 is 1.19 bits per heavy atom. The van der Waals surface area contributed by atoms with Crippen molar-refractivity contribution in [3.05, 3.63) is 71.1 Å². The predicted octanol–water partition coefficient (Wildman–Crippen LogP) is 3.48. The van der Waals surface area contributed by atoms with E-state index in [-0.39, 0.29) is 11.8 Å². The Kier molecular flexibility index (Phi) is 3.94. The first-order valence-corrected chi connectivity index (χ1v) is 9.80. The van der Waals surface area contributed by atoms with Crippen LogP contribution in [-0.2, 0) is 0 Å². The zero-order valence-electron chi connectivity index (χ0n) is 14.5. The van der Waals surface area contributed by atoms with E-state index in [1.165, 1.54) is 0 Å². The SMILES string of the molecule is O=C(c1ccsc1)N1CC[C@H](c2nc3ccc(-c4cccnc4)cn3n2)C1. The Morgan fingerprint density at radius 3 is 2.96 bits per heavy atom. The van der Waals surface area contributed by atoms with Gasteiger partial charge in [-0.15, -0.1) is 0 Å². The van der Waals surface area contributed by atoms with Crippen molar-refractivity contribution in [3.8, 4) is 11.1 Å². The Hall–Kier alpha value is -3.06. The Balaban J connectivity index is 1.39. The number of hydrogen-bond acceptors (Lipinski definition) is 5. The molecule has 4 aromatic heterocycles. The molecule has 0 unspecified atom stereocenters. The van der Waals surface area contributed by atoms with Gasteiger partial charge in [-0.25, -0.2) is 9.50 Å². The summed E-state index contributed by atoms with van der Waals surface area (Å²) in [5.74, 6) is 1.08. The van der Waals surface area contributed by atoms with Gasteiger partial charge in [-0.3, -0.25) is 9.78 Å². The normalized spacial score (nSPS) is 16.9. The smallest absolute Gasteiger partial charge is 0.254 e. The minimum atomic E-state index is 0.0985. The number of pyridine rings is 2. The summed E-state index contributed by atoms with van der Waals surface area (Å²) in [6.07, 6.45) is 6.47. The molecule has 4 aromatic rings. The highest BCUT2D eigenvalue weighted by Gasteiger charge is 2.30. The number of carbonyl (C=O) groups excluding carboxylic acids is 1. The van der Waals surface area contributed by atoms with Crippen molar-refractivity contribution < 1.29 is 4.79 Å². The summed E-state index contributed by atoms with van der Waals surface area (Å²) in [4.78, 5) is 23.3. The number of amides is 1. The molecule has 0 bridgehead atoms. The van der Waals surface area contributed by atoms with Gasteiger partial charge < -0.3 is 4.90 Å². The second-order valence-electron chi connectivity index (χ2n) is 6.68. The molecule has 5 heterocycles. The van der Waals surface area contributed by atoms with Gasteiger partial charge in [-0.2, -0.15) is 16.4 Å². The molecule has 1 saturated heterocycles. The third-order valence-electron chi connectivity index (χ3n) is 4.95. The molecule has 0 aliphatic carbocycles. The fourth-order valence-corrected chi connectivity index (χ4v) is 4.13. The van der Waals surface area contributed by atoms with Crippen LogP contribution in [0.2, 0.25) is 0 Å². The maximum absolute atomic E-state index is 12.5. The molecule has 1 fully saturated rings. The molecule has 0 radical (unpaired) electrons. The molecule has 134 valence electrons. The van der Waals surface area contributed by atoms with Gasteiger partial charge in [0.15, 0.2) is 11.5 Å². The number of thiophene rings is 1. The molecule has 7 heteroatoms. The van der Waals surface area contributed by atoms with Crippen LogP contribution in [-0.4, -0.2) is 43.5 Å². The second kappa shape index (κ2) is 6.59. The van der Waals surface area contributed by atoms with Crippen LogP contribution in [0.5, 0.6) is 0 Å².